The van der Waals surface area contributed by atoms with Gasteiger partial charge in [-0.05, 0) is 72.7 Å². The number of benzene rings is 4. The minimum Gasteiger partial charge on any atom is -0.357 e. The second-order valence-electron chi connectivity index (χ2n) is 10.6. The van der Waals surface area contributed by atoms with Crippen molar-refractivity contribution in [2.45, 2.75) is 38.5 Å². The SMILES string of the molecule is Cc1c(C(C)(CC2c3ccccc3-c3ccccc32)c2[nH]c3ccccc3c2C)[nH]c2ccccc12. The summed E-state index contributed by atoms with van der Waals surface area (Å²) in [6, 6.07) is 35.4. The molecule has 0 atom stereocenters. The Bertz CT molecular complexity index is 1640. The van der Waals surface area contributed by atoms with Crippen LogP contribution in [-0.4, -0.2) is 9.97 Å². The molecule has 0 fully saturated rings. The van der Waals surface area contributed by atoms with Crippen molar-refractivity contribution in [3.8, 4) is 11.1 Å². The number of para-hydroxylation sites is 2. The van der Waals surface area contributed by atoms with Gasteiger partial charge in [-0.1, -0.05) is 84.9 Å². The van der Waals surface area contributed by atoms with Gasteiger partial charge >= 0.3 is 0 Å². The van der Waals surface area contributed by atoms with Gasteiger partial charge in [0, 0.05) is 44.5 Å². The summed E-state index contributed by atoms with van der Waals surface area (Å²) in [5.41, 5.74) is 13.1. The monoisotopic (exact) mass is 466 g/mol. The van der Waals surface area contributed by atoms with Crippen molar-refractivity contribution in [2.75, 3.05) is 0 Å². The molecule has 1 aliphatic rings. The van der Waals surface area contributed by atoms with Gasteiger partial charge in [0.25, 0.3) is 0 Å². The molecule has 1 aliphatic carbocycles. The Morgan fingerprint density at radius 2 is 1.00 bits per heavy atom. The molecule has 36 heavy (non-hydrogen) atoms. The fourth-order valence-electron chi connectivity index (χ4n) is 6.89. The Kier molecular flexibility index (Phi) is 4.56. The second kappa shape index (κ2) is 7.73. The van der Waals surface area contributed by atoms with Crippen molar-refractivity contribution in [3.05, 3.63) is 131 Å². The smallest absolute Gasteiger partial charge is 0.0490 e. The Labute approximate surface area is 212 Å². The maximum absolute atomic E-state index is 3.88. The number of aromatic nitrogens is 2. The predicted molar refractivity (Wildman–Crippen MR) is 151 cm³/mol. The molecule has 0 saturated carbocycles. The Balaban J connectivity index is 1.49. The van der Waals surface area contributed by atoms with E-state index < -0.39 is 0 Å². The summed E-state index contributed by atoms with van der Waals surface area (Å²) in [5, 5.41) is 2.61. The number of aromatic amines is 2. The van der Waals surface area contributed by atoms with E-state index in [0.29, 0.717) is 5.92 Å². The maximum atomic E-state index is 3.88. The van der Waals surface area contributed by atoms with E-state index in [2.05, 4.69) is 128 Å². The van der Waals surface area contributed by atoms with Gasteiger partial charge in [0.2, 0.25) is 0 Å². The fraction of sp³-hybridized carbons (Fsp3) is 0.176. The van der Waals surface area contributed by atoms with Crippen molar-refractivity contribution >= 4 is 21.8 Å². The molecule has 0 radical (unpaired) electrons. The van der Waals surface area contributed by atoms with E-state index in [0.717, 1.165) is 6.42 Å². The molecule has 4 aromatic carbocycles. The standard InChI is InChI=1S/C34H30N2/c1-21-23-12-8-10-18-30(23)35-32(21)34(3,33-22(2)24-13-9-11-19-31(24)36-33)20-29-27-16-6-4-14-25(27)26-15-5-7-17-28(26)29/h4-19,29,35-36H,20H2,1-3H3. The van der Waals surface area contributed by atoms with E-state index in [1.54, 1.807) is 0 Å². The molecule has 0 saturated heterocycles. The lowest BCUT2D eigenvalue weighted by molar-refractivity contribution is 0.466. The molecule has 2 heteroatoms. The van der Waals surface area contributed by atoms with Crippen LogP contribution in [0.5, 0.6) is 0 Å². The summed E-state index contributed by atoms with van der Waals surface area (Å²) in [6.07, 6.45) is 0.975. The molecule has 0 unspecified atom stereocenters. The first kappa shape index (κ1) is 21.3. The molecule has 0 aliphatic heterocycles. The van der Waals surface area contributed by atoms with E-state index in [1.165, 1.54) is 66.6 Å². The van der Waals surface area contributed by atoms with Crippen LogP contribution in [-0.2, 0) is 5.41 Å². The Morgan fingerprint density at radius 3 is 1.47 bits per heavy atom. The highest BCUT2D eigenvalue weighted by atomic mass is 14.8. The van der Waals surface area contributed by atoms with Gasteiger partial charge < -0.3 is 9.97 Å². The summed E-state index contributed by atoms with van der Waals surface area (Å²) >= 11 is 0. The van der Waals surface area contributed by atoms with E-state index >= 15 is 0 Å². The topological polar surface area (TPSA) is 31.6 Å². The number of hydrogen-bond donors (Lipinski definition) is 2. The largest absolute Gasteiger partial charge is 0.357 e. The molecule has 6 aromatic rings. The zero-order chi connectivity index (χ0) is 24.4. The van der Waals surface area contributed by atoms with Gasteiger partial charge in [-0.3, -0.25) is 0 Å². The van der Waals surface area contributed by atoms with Gasteiger partial charge in [0.1, 0.15) is 0 Å². The van der Waals surface area contributed by atoms with Crippen molar-refractivity contribution in [3.63, 3.8) is 0 Å². The van der Waals surface area contributed by atoms with E-state index in [9.17, 15) is 0 Å². The third-order valence-electron chi connectivity index (χ3n) is 8.61. The van der Waals surface area contributed by atoms with Crippen LogP contribution in [0, 0.1) is 13.8 Å². The lowest BCUT2D eigenvalue weighted by atomic mass is 9.71. The van der Waals surface area contributed by atoms with E-state index in [-0.39, 0.29) is 5.41 Å². The molecule has 2 aromatic heterocycles. The van der Waals surface area contributed by atoms with E-state index in [4.69, 9.17) is 0 Å². The summed E-state index contributed by atoms with van der Waals surface area (Å²) in [6.45, 7) is 6.99. The second-order valence-corrected chi connectivity index (χ2v) is 10.6. The summed E-state index contributed by atoms with van der Waals surface area (Å²) in [4.78, 5) is 7.75. The highest BCUT2D eigenvalue weighted by Gasteiger charge is 2.41. The van der Waals surface area contributed by atoms with Crippen LogP contribution in [0.1, 0.15) is 52.9 Å². The van der Waals surface area contributed by atoms with Crippen LogP contribution in [0.2, 0.25) is 0 Å². The molecule has 0 bridgehead atoms. The summed E-state index contributed by atoms with van der Waals surface area (Å²) in [7, 11) is 0. The molecule has 2 N–H and O–H groups in total. The number of fused-ring (bicyclic) bond motifs is 5. The zero-order valence-corrected chi connectivity index (χ0v) is 21.0. The Hall–Kier alpha value is -4.04. The van der Waals surface area contributed by atoms with Crippen LogP contribution in [0.4, 0.5) is 0 Å². The molecule has 2 heterocycles. The summed E-state index contributed by atoms with van der Waals surface area (Å²) in [5.74, 6) is 0.319. The highest BCUT2D eigenvalue weighted by molar-refractivity contribution is 5.87. The van der Waals surface area contributed by atoms with Crippen molar-refractivity contribution < 1.29 is 0 Å². The molecular weight excluding hydrogens is 436 g/mol. The third-order valence-corrected chi connectivity index (χ3v) is 8.61. The average molecular weight is 467 g/mol. The number of aryl methyl sites for hydroxylation is 2. The molecule has 0 spiro atoms. The average Bonchev–Trinajstić information content (AvgIpc) is 3.55. The molecule has 176 valence electrons. The van der Waals surface area contributed by atoms with Crippen molar-refractivity contribution in [2.24, 2.45) is 0 Å². The van der Waals surface area contributed by atoms with Gasteiger partial charge in [-0.25, -0.2) is 0 Å². The first-order valence-corrected chi connectivity index (χ1v) is 12.9. The number of hydrogen-bond acceptors (Lipinski definition) is 0. The zero-order valence-electron chi connectivity index (χ0n) is 21.0. The van der Waals surface area contributed by atoms with Crippen molar-refractivity contribution in [1.29, 1.82) is 0 Å². The fourth-order valence-corrected chi connectivity index (χ4v) is 6.89. The van der Waals surface area contributed by atoms with Crippen LogP contribution in [0.3, 0.4) is 0 Å². The third kappa shape index (κ3) is 2.91. The quantitative estimate of drug-likeness (QED) is 0.260. The number of nitrogens with one attached hydrogen (secondary N) is 2. The first-order chi connectivity index (χ1) is 17.6. The number of H-pyrrole nitrogens is 2. The molecule has 2 nitrogen and oxygen atoms in total. The summed E-state index contributed by atoms with van der Waals surface area (Å²) < 4.78 is 0. The Morgan fingerprint density at radius 1 is 0.583 bits per heavy atom. The van der Waals surface area contributed by atoms with Crippen LogP contribution >= 0.6 is 0 Å². The number of rotatable bonds is 4. The van der Waals surface area contributed by atoms with E-state index in [1.807, 2.05) is 0 Å². The maximum Gasteiger partial charge on any atom is 0.0490 e. The van der Waals surface area contributed by atoms with Crippen LogP contribution in [0.15, 0.2) is 97.1 Å². The van der Waals surface area contributed by atoms with Crippen molar-refractivity contribution in [1.82, 2.24) is 9.97 Å². The normalized spacial score (nSPS) is 13.4. The minimum atomic E-state index is -0.249. The van der Waals surface area contributed by atoms with Gasteiger partial charge in [0.05, 0.1) is 0 Å². The first-order valence-electron chi connectivity index (χ1n) is 12.9. The highest BCUT2D eigenvalue weighted by Crippen LogP contribution is 2.52. The molecular formula is C34H30N2. The lowest BCUT2D eigenvalue weighted by Gasteiger charge is -2.33. The van der Waals surface area contributed by atoms with Gasteiger partial charge in [-0.2, -0.15) is 0 Å². The van der Waals surface area contributed by atoms with Crippen LogP contribution < -0.4 is 0 Å². The van der Waals surface area contributed by atoms with Gasteiger partial charge in [-0.15, -0.1) is 0 Å². The van der Waals surface area contributed by atoms with Gasteiger partial charge in [0.15, 0.2) is 0 Å². The lowest BCUT2D eigenvalue weighted by Crippen LogP contribution is -2.29. The molecule has 0 amide bonds. The van der Waals surface area contributed by atoms with Crippen LogP contribution in [0.25, 0.3) is 32.9 Å². The molecule has 7 rings (SSSR count). The predicted octanol–water partition coefficient (Wildman–Crippen LogP) is 8.77. The minimum absolute atomic E-state index is 0.249.